The molecule has 0 saturated heterocycles. The lowest BCUT2D eigenvalue weighted by Crippen LogP contribution is -2.30. The summed E-state index contributed by atoms with van der Waals surface area (Å²) in [4.78, 5) is 16.1. The third-order valence-electron chi connectivity index (χ3n) is 1.95. The summed E-state index contributed by atoms with van der Waals surface area (Å²) >= 11 is 17.4. The highest BCUT2D eigenvalue weighted by molar-refractivity contribution is 6.43. The minimum absolute atomic E-state index is 0.206. The van der Waals surface area contributed by atoms with Crippen LogP contribution in [0.3, 0.4) is 0 Å². The summed E-state index contributed by atoms with van der Waals surface area (Å²) in [7, 11) is 2.85. The molecule has 1 amide bonds. The quantitative estimate of drug-likeness (QED) is 0.633. The first-order chi connectivity index (χ1) is 7.95. The van der Waals surface area contributed by atoms with Gasteiger partial charge in [0.25, 0.3) is 5.91 Å². The minimum Gasteiger partial charge on any atom is -0.482 e. The molecular formula is C10H10Cl3NO3. The molecule has 0 aliphatic rings. The summed E-state index contributed by atoms with van der Waals surface area (Å²) in [5, 5.41) is 1.96. The van der Waals surface area contributed by atoms with Crippen LogP contribution in [0.25, 0.3) is 0 Å². The number of likely N-dealkylation sites (N-methyl/N-ethyl adjacent to an activating group) is 1. The van der Waals surface area contributed by atoms with Crippen LogP contribution in [0.15, 0.2) is 12.1 Å². The number of hydrogen-bond acceptors (Lipinski definition) is 3. The van der Waals surface area contributed by atoms with E-state index in [4.69, 9.17) is 44.4 Å². The molecule has 0 spiro atoms. The number of carbonyl (C=O) groups excluding carboxylic acids is 1. The predicted molar refractivity (Wildman–Crippen MR) is 66.7 cm³/mol. The van der Waals surface area contributed by atoms with Crippen molar-refractivity contribution in [3.8, 4) is 5.75 Å². The number of benzene rings is 1. The van der Waals surface area contributed by atoms with Crippen LogP contribution < -0.4 is 4.74 Å². The summed E-state index contributed by atoms with van der Waals surface area (Å²) in [5.74, 6) is -0.0615. The van der Waals surface area contributed by atoms with Crippen molar-refractivity contribution in [1.29, 1.82) is 0 Å². The second-order valence-corrected chi connectivity index (χ2v) is 4.28. The number of halogens is 3. The molecule has 1 aromatic rings. The zero-order chi connectivity index (χ0) is 13.0. The SMILES string of the molecule is CON(C)C(=O)COc1cc(Cl)c(Cl)cc1Cl. The molecule has 4 nitrogen and oxygen atoms in total. The van der Waals surface area contributed by atoms with Crippen LogP contribution in [0.5, 0.6) is 5.75 Å². The molecule has 0 aromatic heterocycles. The summed E-state index contributed by atoms with van der Waals surface area (Å²) in [6.07, 6.45) is 0. The highest BCUT2D eigenvalue weighted by atomic mass is 35.5. The van der Waals surface area contributed by atoms with E-state index < -0.39 is 0 Å². The van der Waals surface area contributed by atoms with E-state index in [-0.39, 0.29) is 17.5 Å². The van der Waals surface area contributed by atoms with Gasteiger partial charge in [-0.1, -0.05) is 34.8 Å². The summed E-state index contributed by atoms with van der Waals surface area (Å²) in [5.41, 5.74) is 0. The number of nitrogens with zero attached hydrogens (tertiary/aromatic N) is 1. The smallest absolute Gasteiger partial charge is 0.283 e. The van der Waals surface area contributed by atoms with Gasteiger partial charge in [-0.25, -0.2) is 5.06 Å². The first kappa shape index (κ1) is 14.4. The van der Waals surface area contributed by atoms with E-state index in [9.17, 15) is 4.79 Å². The summed E-state index contributed by atoms with van der Waals surface area (Å²) in [6.45, 7) is -0.206. The Labute approximate surface area is 114 Å². The van der Waals surface area contributed by atoms with E-state index >= 15 is 0 Å². The molecule has 17 heavy (non-hydrogen) atoms. The van der Waals surface area contributed by atoms with Crippen LogP contribution in [0.4, 0.5) is 0 Å². The predicted octanol–water partition coefficient (Wildman–Crippen LogP) is 3.05. The Hall–Kier alpha value is -0.680. The average molecular weight is 299 g/mol. The second kappa shape index (κ2) is 6.31. The van der Waals surface area contributed by atoms with Crippen LogP contribution >= 0.6 is 34.8 Å². The lowest BCUT2D eigenvalue weighted by atomic mass is 10.3. The maximum Gasteiger partial charge on any atom is 0.283 e. The molecule has 0 radical (unpaired) electrons. The lowest BCUT2D eigenvalue weighted by molar-refractivity contribution is -0.170. The van der Waals surface area contributed by atoms with Gasteiger partial charge in [-0.15, -0.1) is 0 Å². The van der Waals surface area contributed by atoms with Crippen LogP contribution in [-0.2, 0) is 9.63 Å². The van der Waals surface area contributed by atoms with Gasteiger partial charge in [0.1, 0.15) is 5.75 Å². The van der Waals surface area contributed by atoms with E-state index in [1.807, 2.05) is 0 Å². The molecule has 0 heterocycles. The van der Waals surface area contributed by atoms with E-state index in [1.54, 1.807) is 0 Å². The molecule has 0 aliphatic heterocycles. The number of amides is 1. The largest absolute Gasteiger partial charge is 0.482 e. The third kappa shape index (κ3) is 3.92. The monoisotopic (exact) mass is 297 g/mol. The first-order valence-electron chi connectivity index (χ1n) is 4.53. The molecule has 0 bridgehead atoms. The Balaban J connectivity index is 2.70. The fourth-order valence-electron chi connectivity index (χ4n) is 0.947. The lowest BCUT2D eigenvalue weighted by Gasteiger charge is -2.14. The van der Waals surface area contributed by atoms with Crippen molar-refractivity contribution in [1.82, 2.24) is 5.06 Å². The van der Waals surface area contributed by atoms with E-state index in [1.165, 1.54) is 26.3 Å². The van der Waals surface area contributed by atoms with Gasteiger partial charge in [-0.2, -0.15) is 0 Å². The standard InChI is InChI=1S/C10H10Cl3NO3/c1-14(16-2)10(15)5-17-9-4-7(12)6(11)3-8(9)13/h3-4H,5H2,1-2H3. The van der Waals surface area contributed by atoms with Crippen molar-refractivity contribution >= 4 is 40.7 Å². The Morgan fingerprint density at radius 2 is 1.82 bits per heavy atom. The van der Waals surface area contributed by atoms with Crippen molar-refractivity contribution < 1.29 is 14.4 Å². The maximum absolute atomic E-state index is 11.4. The van der Waals surface area contributed by atoms with Crippen molar-refractivity contribution in [3.63, 3.8) is 0 Å². The van der Waals surface area contributed by atoms with Crippen molar-refractivity contribution in [2.45, 2.75) is 0 Å². The van der Waals surface area contributed by atoms with Gasteiger partial charge in [0.15, 0.2) is 6.61 Å². The topological polar surface area (TPSA) is 38.8 Å². The molecule has 0 aliphatic carbocycles. The Bertz CT molecular complexity index is 426. The van der Waals surface area contributed by atoms with Gasteiger partial charge in [-0.3, -0.25) is 9.63 Å². The van der Waals surface area contributed by atoms with Gasteiger partial charge >= 0.3 is 0 Å². The van der Waals surface area contributed by atoms with Gasteiger partial charge < -0.3 is 4.74 Å². The number of hydroxylamine groups is 2. The van der Waals surface area contributed by atoms with Gasteiger partial charge in [0.05, 0.1) is 22.2 Å². The van der Waals surface area contributed by atoms with Crippen LogP contribution in [0, 0.1) is 0 Å². The molecule has 1 rings (SSSR count). The Morgan fingerprint density at radius 1 is 1.24 bits per heavy atom. The van der Waals surface area contributed by atoms with E-state index in [0.29, 0.717) is 15.8 Å². The van der Waals surface area contributed by atoms with Gasteiger partial charge in [0, 0.05) is 13.1 Å². The van der Waals surface area contributed by atoms with Crippen molar-refractivity contribution in [2.75, 3.05) is 20.8 Å². The Morgan fingerprint density at radius 3 is 2.41 bits per heavy atom. The fraction of sp³-hybridized carbons (Fsp3) is 0.300. The van der Waals surface area contributed by atoms with Crippen LogP contribution in [-0.4, -0.2) is 31.7 Å². The zero-order valence-electron chi connectivity index (χ0n) is 9.17. The molecule has 0 N–H and O–H groups in total. The minimum atomic E-state index is -0.352. The first-order valence-corrected chi connectivity index (χ1v) is 5.67. The Kier molecular flexibility index (Phi) is 5.33. The number of ether oxygens (including phenoxy) is 1. The zero-order valence-corrected chi connectivity index (χ0v) is 11.4. The van der Waals surface area contributed by atoms with Crippen molar-refractivity contribution in [2.24, 2.45) is 0 Å². The molecule has 0 fully saturated rings. The molecule has 0 unspecified atom stereocenters. The van der Waals surface area contributed by atoms with Gasteiger partial charge in [0.2, 0.25) is 0 Å². The number of carbonyl (C=O) groups is 1. The van der Waals surface area contributed by atoms with Crippen molar-refractivity contribution in [3.05, 3.63) is 27.2 Å². The normalized spacial score (nSPS) is 10.2. The maximum atomic E-state index is 11.4. The average Bonchev–Trinajstić information content (AvgIpc) is 2.30. The van der Waals surface area contributed by atoms with E-state index in [0.717, 1.165) is 5.06 Å². The molecule has 0 saturated carbocycles. The third-order valence-corrected chi connectivity index (χ3v) is 2.97. The summed E-state index contributed by atoms with van der Waals surface area (Å²) < 4.78 is 5.21. The summed E-state index contributed by atoms with van der Waals surface area (Å²) in [6, 6.07) is 2.90. The molecule has 1 aromatic carbocycles. The molecule has 94 valence electrons. The molecule has 0 atom stereocenters. The van der Waals surface area contributed by atoms with E-state index in [2.05, 4.69) is 0 Å². The second-order valence-electron chi connectivity index (χ2n) is 3.06. The van der Waals surface area contributed by atoms with Gasteiger partial charge in [-0.05, 0) is 6.07 Å². The van der Waals surface area contributed by atoms with Crippen LogP contribution in [0.2, 0.25) is 15.1 Å². The molecular weight excluding hydrogens is 288 g/mol. The number of rotatable bonds is 4. The molecule has 7 heteroatoms. The number of hydrogen-bond donors (Lipinski definition) is 0. The highest BCUT2D eigenvalue weighted by Gasteiger charge is 2.12. The highest BCUT2D eigenvalue weighted by Crippen LogP contribution is 2.33. The van der Waals surface area contributed by atoms with Crippen LogP contribution in [0.1, 0.15) is 0 Å². The fourth-order valence-corrected chi connectivity index (χ4v) is 1.54.